The van der Waals surface area contributed by atoms with E-state index in [1.165, 1.54) is 18.2 Å². The van der Waals surface area contributed by atoms with Crippen molar-refractivity contribution < 1.29 is 9.66 Å². The monoisotopic (exact) mass is 206 g/mol. The summed E-state index contributed by atoms with van der Waals surface area (Å²) in [6.07, 6.45) is -0.169. The maximum atomic E-state index is 10.6. The van der Waals surface area contributed by atoms with Gasteiger partial charge in [0.2, 0.25) is 0 Å². The molecular weight excluding hydrogens is 196 g/mol. The standard InChI is InChI=1S/C10H10N2O3/c1-7(2)15-10-5-8(6-11)3-4-9(10)12(13)14/h3-5,7H,1-2H3. The molecule has 0 amide bonds. The van der Waals surface area contributed by atoms with E-state index in [-0.39, 0.29) is 17.5 Å². The van der Waals surface area contributed by atoms with E-state index in [4.69, 9.17) is 10.00 Å². The molecule has 0 atom stereocenters. The van der Waals surface area contributed by atoms with E-state index in [9.17, 15) is 10.1 Å². The molecule has 0 spiro atoms. The van der Waals surface area contributed by atoms with E-state index in [0.717, 1.165) is 0 Å². The highest BCUT2D eigenvalue weighted by molar-refractivity contribution is 5.51. The molecule has 0 fully saturated rings. The van der Waals surface area contributed by atoms with Gasteiger partial charge >= 0.3 is 5.69 Å². The van der Waals surface area contributed by atoms with Gasteiger partial charge in [0.05, 0.1) is 22.7 Å². The van der Waals surface area contributed by atoms with E-state index < -0.39 is 4.92 Å². The normalized spacial score (nSPS) is 9.73. The fourth-order valence-corrected chi connectivity index (χ4v) is 1.08. The largest absolute Gasteiger partial charge is 0.484 e. The number of benzene rings is 1. The van der Waals surface area contributed by atoms with Crippen molar-refractivity contribution in [2.75, 3.05) is 0 Å². The van der Waals surface area contributed by atoms with Gasteiger partial charge in [0, 0.05) is 12.1 Å². The van der Waals surface area contributed by atoms with Gasteiger partial charge in [0.15, 0.2) is 5.75 Å². The van der Waals surface area contributed by atoms with Gasteiger partial charge in [-0.1, -0.05) is 0 Å². The Bertz CT molecular complexity index is 421. The summed E-state index contributed by atoms with van der Waals surface area (Å²) in [4.78, 5) is 10.1. The maximum Gasteiger partial charge on any atom is 0.311 e. The zero-order valence-electron chi connectivity index (χ0n) is 8.43. The van der Waals surface area contributed by atoms with E-state index in [2.05, 4.69) is 0 Å². The van der Waals surface area contributed by atoms with Crippen LogP contribution in [0.15, 0.2) is 18.2 Å². The zero-order chi connectivity index (χ0) is 11.4. The fourth-order valence-electron chi connectivity index (χ4n) is 1.08. The summed E-state index contributed by atoms with van der Waals surface area (Å²) >= 11 is 0. The molecule has 0 heterocycles. The molecule has 0 aliphatic heterocycles. The summed E-state index contributed by atoms with van der Waals surface area (Å²) in [5.74, 6) is 0.133. The highest BCUT2D eigenvalue weighted by atomic mass is 16.6. The first kappa shape index (κ1) is 11.0. The first-order chi connectivity index (χ1) is 7.04. The minimum Gasteiger partial charge on any atom is -0.484 e. The topological polar surface area (TPSA) is 76.2 Å². The van der Waals surface area contributed by atoms with Gasteiger partial charge in [0.1, 0.15) is 0 Å². The van der Waals surface area contributed by atoms with E-state index in [1.807, 2.05) is 6.07 Å². The average molecular weight is 206 g/mol. The second kappa shape index (κ2) is 4.42. The Kier molecular flexibility index (Phi) is 3.24. The minimum atomic E-state index is -0.529. The van der Waals surface area contributed by atoms with Crippen molar-refractivity contribution in [2.45, 2.75) is 20.0 Å². The van der Waals surface area contributed by atoms with Crippen LogP contribution in [0.5, 0.6) is 5.75 Å². The third kappa shape index (κ3) is 2.68. The second-order valence-electron chi connectivity index (χ2n) is 3.22. The number of nitrogens with zero attached hydrogens (tertiary/aromatic N) is 2. The van der Waals surface area contributed by atoms with Crippen LogP contribution in [0.1, 0.15) is 19.4 Å². The molecule has 0 N–H and O–H groups in total. The van der Waals surface area contributed by atoms with Crippen LogP contribution in [0, 0.1) is 21.4 Å². The highest BCUT2D eigenvalue weighted by Crippen LogP contribution is 2.28. The van der Waals surface area contributed by atoms with Crippen LogP contribution in [0.3, 0.4) is 0 Å². The third-order valence-electron chi connectivity index (χ3n) is 1.65. The first-order valence-electron chi connectivity index (χ1n) is 4.39. The lowest BCUT2D eigenvalue weighted by Gasteiger charge is -2.09. The van der Waals surface area contributed by atoms with Gasteiger partial charge < -0.3 is 4.74 Å². The number of hydrogen-bond donors (Lipinski definition) is 0. The number of rotatable bonds is 3. The Morgan fingerprint density at radius 1 is 1.53 bits per heavy atom. The third-order valence-corrected chi connectivity index (χ3v) is 1.65. The van der Waals surface area contributed by atoms with Crippen molar-refractivity contribution in [3.05, 3.63) is 33.9 Å². The molecule has 5 heteroatoms. The molecule has 0 saturated carbocycles. The van der Waals surface area contributed by atoms with Crippen LogP contribution in [0.2, 0.25) is 0 Å². The minimum absolute atomic E-state index is 0.122. The van der Waals surface area contributed by atoms with Crippen molar-refractivity contribution in [2.24, 2.45) is 0 Å². The van der Waals surface area contributed by atoms with E-state index in [0.29, 0.717) is 5.56 Å². The Hall–Kier alpha value is -2.09. The maximum absolute atomic E-state index is 10.6. The molecule has 0 bridgehead atoms. The first-order valence-corrected chi connectivity index (χ1v) is 4.39. The van der Waals surface area contributed by atoms with Crippen molar-refractivity contribution in [1.29, 1.82) is 5.26 Å². The molecule has 1 rings (SSSR count). The Balaban J connectivity index is 3.17. The lowest BCUT2D eigenvalue weighted by Crippen LogP contribution is -2.07. The highest BCUT2D eigenvalue weighted by Gasteiger charge is 2.16. The summed E-state index contributed by atoms with van der Waals surface area (Å²) < 4.78 is 5.26. The lowest BCUT2D eigenvalue weighted by molar-refractivity contribution is -0.386. The van der Waals surface area contributed by atoms with Gasteiger partial charge in [-0.15, -0.1) is 0 Å². The number of nitriles is 1. The van der Waals surface area contributed by atoms with E-state index in [1.54, 1.807) is 13.8 Å². The van der Waals surface area contributed by atoms with Crippen LogP contribution in [0.4, 0.5) is 5.69 Å². The van der Waals surface area contributed by atoms with Crippen molar-refractivity contribution in [3.63, 3.8) is 0 Å². The molecule has 0 aliphatic carbocycles. The number of ether oxygens (including phenoxy) is 1. The summed E-state index contributed by atoms with van der Waals surface area (Å²) in [7, 11) is 0. The average Bonchev–Trinajstić information content (AvgIpc) is 2.16. The second-order valence-corrected chi connectivity index (χ2v) is 3.22. The van der Waals surface area contributed by atoms with Crippen molar-refractivity contribution in [3.8, 4) is 11.8 Å². The molecular formula is C10H10N2O3. The van der Waals surface area contributed by atoms with Crippen LogP contribution in [0.25, 0.3) is 0 Å². The van der Waals surface area contributed by atoms with Gasteiger partial charge in [-0.3, -0.25) is 10.1 Å². The van der Waals surface area contributed by atoms with Crippen molar-refractivity contribution >= 4 is 5.69 Å². The molecule has 0 unspecified atom stereocenters. The number of nitro benzene ring substituents is 1. The molecule has 0 saturated heterocycles. The van der Waals surface area contributed by atoms with Crippen LogP contribution in [-0.2, 0) is 0 Å². The summed E-state index contributed by atoms with van der Waals surface area (Å²) in [5, 5.41) is 19.3. The quantitative estimate of drug-likeness (QED) is 0.561. The smallest absolute Gasteiger partial charge is 0.311 e. The number of nitro groups is 1. The predicted molar refractivity (Wildman–Crippen MR) is 53.6 cm³/mol. The SMILES string of the molecule is CC(C)Oc1cc(C#N)ccc1[N+](=O)[O-]. The fraction of sp³-hybridized carbons (Fsp3) is 0.300. The van der Waals surface area contributed by atoms with Crippen LogP contribution in [-0.4, -0.2) is 11.0 Å². The molecule has 0 radical (unpaired) electrons. The number of hydrogen-bond acceptors (Lipinski definition) is 4. The molecule has 5 nitrogen and oxygen atoms in total. The zero-order valence-corrected chi connectivity index (χ0v) is 8.43. The Morgan fingerprint density at radius 2 is 2.20 bits per heavy atom. The van der Waals surface area contributed by atoms with Gasteiger partial charge in [-0.2, -0.15) is 5.26 Å². The van der Waals surface area contributed by atoms with Crippen molar-refractivity contribution in [1.82, 2.24) is 0 Å². The molecule has 1 aromatic rings. The Morgan fingerprint density at radius 3 is 2.67 bits per heavy atom. The van der Waals surface area contributed by atoms with Gasteiger partial charge in [-0.05, 0) is 19.9 Å². The van der Waals surface area contributed by atoms with E-state index >= 15 is 0 Å². The predicted octanol–water partition coefficient (Wildman–Crippen LogP) is 2.25. The molecule has 15 heavy (non-hydrogen) atoms. The Labute approximate surface area is 87.1 Å². The molecule has 78 valence electrons. The summed E-state index contributed by atoms with van der Waals surface area (Å²) in [5.41, 5.74) is 0.221. The molecule has 0 aliphatic rings. The van der Waals surface area contributed by atoms with Crippen LogP contribution < -0.4 is 4.74 Å². The lowest BCUT2D eigenvalue weighted by atomic mass is 10.2. The molecule has 0 aromatic heterocycles. The van der Waals surface area contributed by atoms with Gasteiger partial charge in [0.25, 0.3) is 0 Å². The van der Waals surface area contributed by atoms with Crippen LogP contribution >= 0.6 is 0 Å². The summed E-state index contributed by atoms with van der Waals surface area (Å²) in [6, 6.07) is 5.95. The van der Waals surface area contributed by atoms with Gasteiger partial charge in [-0.25, -0.2) is 0 Å². The summed E-state index contributed by atoms with van der Waals surface area (Å²) in [6.45, 7) is 3.53. The molecule has 1 aromatic carbocycles.